The first-order chi connectivity index (χ1) is 5.79. The van der Waals surface area contributed by atoms with Crippen molar-refractivity contribution in [3.8, 4) is 0 Å². The second-order valence-corrected chi connectivity index (χ2v) is 2.29. The van der Waals surface area contributed by atoms with E-state index in [9.17, 15) is 4.39 Å². The first-order valence-corrected chi connectivity index (χ1v) is 3.59. The molecule has 0 aromatic carbocycles. The third kappa shape index (κ3) is 1.58. The average molecular weight is 168 g/mol. The minimum absolute atomic E-state index is 0.301. The van der Waals surface area contributed by atoms with Crippen LogP contribution in [0.3, 0.4) is 0 Å². The Hall–Kier alpha value is -1.45. The first-order valence-electron chi connectivity index (χ1n) is 3.59. The minimum atomic E-state index is -0.466. The predicted octanol–water partition coefficient (Wildman–Crippen LogP) is 1.59. The Morgan fingerprint density at radius 2 is 2.42 bits per heavy atom. The van der Waals surface area contributed by atoms with E-state index in [0.717, 1.165) is 18.0 Å². The van der Waals surface area contributed by atoms with Gasteiger partial charge in [-0.3, -0.25) is 4.98 Å². The maximum atomic E-state index is 13.0. The zero-order chi connectivity index (χ0) is 8.97. The van der Waals surface area contributed by atoms with Gasteiger partial charge in [0.1, 0.15) is 0 Å². The standard InChI is InChI=1S/C8H9FN2O/c1-2-6-3-10-5-8(9)7(6)4-11-12/h3-5,12H,2H2,1H3/b11-4+. The fourth-order valence-electron chi connectivity index (χ4n) is 0.969. The Morgan fingerprint density at radius 1 is 1.67 bits per heavy atom. The Bertz CT molecular complexity index is 299. The largest absolute Gasteiger partial charge is 0.411 e. The fourth-order valence-corrected chi connectivity index (χ4v) is 0.969. The summed E-state index contributed by atoms with van der Waals surface area (Å²) < 4.78 is 13.0. The molecule has 3 nitrogen and oxygen atoms in total. The van der Waals surface area contributed by atoms with Crippen LogP contribution < -0.4 is 0 Å². The van der Waals surface area contributed by atoms with Gasteiger partial charge < -0.3 is 5.21 Å². The molecule has 0 saturated carbocycles. The quantitative estimate of drug-likeness (QED) is 0.414. The average Bonchev–Trinajstić information content (AvgIpc) is 2.09. The number of hydrogen-bond donors (Lipinski definition) is 1. The van der Waals surface area contributed by atoms with Gasteiger partial charge in [-0.2, -0.15) is 0 Å². The summed E-state index contributed by atoms with van der Waals surface area (Å²) in [6.45, 7) is 1.88. The van der Waals surface area contributed by atoms with Gasteiger partial charge in [-0.05, 0) is 12.0 Å². The number of hydrogen-bond acceptors (Lipinski definition) is 3. The van der Waals surface area contributed by atoms with Crippen molar-refractivity contribution < 1.29 is 9.60 Å². The van der Waals surface area contributed by atoms with Gasteiger partial charge >= 0.3 is 0 Å². The molecule has 0 aliphatic rings. The normalized spacial score (nSPS) is 10.8. The molecule has 1 rings (SSSR count). The molecule has 12 heavy (non-hydrogen) atoms. The number of aryl methyl sites for hydroxylation is 1. The lowest BCUT2D eigenvalue weighted by molar-refractivity contribution is 0.321. The number of oxime groups is 1. The molecule has 1 heterocycles. The van der Waals surface area contributed by atoms with Crippen LogP contribution in [0.15, 0.2) is 17.5 Å². The first kappa shape index (κ1) is 8.64. The second kappa shape index (κ2) is 3.80. The van der Waals surface area contributed by atoms with E-state index in [-0.39, 0.29) is 0 Å². The molecule has 0 bridgehead atoms. The van der Waals surface area contributed by atoms with Crippen LogP contribution in [-0.4, -0.2) is 16.4 Å². The monoisotopic (exact) mass is 168 g/mol. The highest BCUT2D eigenvalue weighted by atomic mass is 19.1. The molecule has 0 atom stereocenters. The fraction of sp³-hybridized carbons (Fsp3) is 0.250. The third-order valence-corrected chi connectivity index (χ3v) is 1.59. The molecule has 0 unspecified atom stereocenters. The number of rotatable bonds is 2. The highest BCUT2D eigenvalue weighted by molar-refractivity contribution is 5.81. The van der Waals surface area contributed by atoms with E-state index in [2.05, 4.69) is 10.1 Å². The van der Waals surface area contributed by atoms with E-state index in [1.54, 1.807) is 6.20 Å². The molecule has 0 fully saturated rings. The van der Waals surface area contributed by atoms with Crippen LogP contribution >= 0.6 is 0 Å². The maximum absolute atomic E-state index is 13.0. The van der Waals surface area contributed by atoms with E-state index in [1.807, 2.05) is 6.92 Å². The van der Waals surface area contributed by atoms with Crippen LogP contribution in [0.25, 0.3) is 0 Å². The van der Waals surface area contributed by atoms with E-state index < -0.39 is 5.82 Å². The topological polar surface area (TPSA) is 45.5 Å². The van der Waals surface area contributed by atoms with Gasteiger partial charge in [0.15, 0.2) is 5.82 Å². The second-order valence-electron chi connectivity index (χ2n) is 2.29. The molecule has 0 spiro atoms. The Kier molecular flexibility index (Phi) is 2.74. The molecular formula is C8H9FN2O. The summed E-state index contributed by atoms with van der Waals surface area (Å²) in [5.41, 5.74) is 1.03. The molecule has 1 N–H and O–H groups in total. The van der Waals surface area contributed by atoms with Crippen molar-refractivity contribution >= 4 is 6.21 Å². The van der Waals surface area contributed by atoms with Crippen molar-refractivity contribution in [3.05, 3.63) is 29.3 Å². The number of nitrogens with zero attached hydrogens (tertiary/aromatic N) is 2. The van der Waals surface area contributed by atoms with Gasteiger partial charge in [-0.15, -0.1) is 0 Å². The molecule has 4 heteroatoms. The SMILES string of the molecule is CCc1cncc(F)c1/C=N/O. The van der Waals surface area contributed by atoms with E-state index >= 15 is 0 Å². The van der Waals surface area contributed by atoms with Gasteiger partial charge in [-0.1, -0.05) is 12.1 Å². The molecule has 0 amide bonds. The van der Waals surface area contributed by atoms with Crippen molar-refractivity contribution in [1.29, 1.82) is 0 Å². The smallest absolute Gasteiger partial charge is 0.150 e. The lowest BCUT2D eigenvalue weighted by Gasteiger charge is -2.01. The Labute approximate surface area is 69.6 Å². The summed E-state index contributed by atoms with van der Waals surface area (Å²) in [5.74, 6) is -0.466. The molecule has 1 aromatic rings. The van der Waals surface area contributed by atoms with Crippen molar-refractivity contribution in [2.75, 3.05) is 0 Å². The highest BCUT2D eigenvalue weighted by Crippen LogP contribution is 2.09. The van der Waals surface area contributed by atoms with Crippen molar-refractivity contribution in [2.45, 2.75) is 13.3 Å². The van der Waals surface area contributed by atoms with E-state index in [1.165, 1.54) is 0 Å². The van der Waals surface area contributed by atoms with Gasteiger partial charge in [0.25, 0.3) is 0 Å². The minimum Gasteiger partial charge on any atom is -0.411 e. The summed E-state index contributed by atoms with van der Waals surface area (Å²) in [7, 11) is 0. The van der Waals surface area contributed by atoms with Gasteiger partial charge in [0.2, 0.25) is 0 Å². The molecule has 0 saturated heterocycles. The van der Waals surface area contributed by atoms with Gasteiger partial charge in [-0.25, -0.2) is 4.39 Å². The predicted molar refractivity (Wildman–Crippen MR) is 43.0 cm³/mol. The molecule has 0 aliphatic heterocycles. The molecular weight excluding hydrogens is 159 g/mol. The molecule has 0 aliphatic carbocycles. The summed E-state index contributed by atoms with van der Waals surface area (Å²) in [5, 5.41) is 11.0. The summed E-state index contributed by atoms with van der Waals surface area (Å²) in [4.78, 5) is 3.68. The van der Waals surface area contributed by atoms with Crippen LogP contribution in [-0.2, 0) is 6.42 Å². The number of halogens is 1. The van der Waals surface area contributed by atoms with Gasteiger partial charge in [0, 0.05) is 11.8 Å². The van der Waals surface area contributed by atoms with Crippen molar-refractivity contribution in [3.63, 3.8) is 0 Å². The van der Waals surface area contributed by atoms with Gasteiger partial charge in [0.05, 0.1) is 12.4 Å². The van der Waals surface area contributed by atoms with Crippen molar-refractivity contribution in [1.82, 2.24) is 4.98 Å². The summed E-state index contributed by atoms with van der Waals surface area (Å²) in [6.07, 6.45) is 4.39. The van der Waals surface area contributed by atoms with Crippen LogP contribution in [0.2, 0.25) is 0 Å². The van der Waals surface area contributed by atoms with Crippen LogP contribution in [0.5, 0.6) is 0 Å². The zero-order valence-corrected chi connectivity index (χ0v) is 6.66. The molecule has 0 radical (unpaired) electrons. The van der Waals surface area contributed by atoms with Crippen molar-refractivity contribution in [2.24, 2.45) is 5.16 Å². The third-order valence-electron chi connectivity index (χ3n) is 1.59. The Morgan fingerprint density at radius 3 is 3.00 bits per heavy atom. The summed E-state index contributed by atoms with van der Waals surface area (Å²) >= 11 is 0. The number of pyridine rings is 1. The summed E-state index contributed by atoms with van der Waals surface area (Å²) in [6, 6.07) is 0. The van der Waals surface area contributed by atoms with Crippen LogP contribution in [0, 0.1) is 5.82 Å². The lowest BCUT2D eigenvalue weighted by Crippen LogP contribution is -1.97. The zero-order valence-electron chi connectivity index (χ0n) is 6.66. The molecule has 1 aromatic heterocycles. The molecule has 64 valence electrons. The van der Waals surface area contributed by atoms with Crippen LogP contribution in [0.4, 0.5) is 4.39 Å². The van der Waals surface area contributed by atoms with E-state index in [0.29, 0.717) is 12.0 Å². The number of aromatic nitrogens is 1. The maximum Gasteiger partial charge on any atom is 0.150 e. The highest BCUT2D eigenvalue weighted by Gasteiger charge is 2.04. The van der Waals surface area contributed by atoms with Crippen LogP contribution in [0.1, 0.15) is 18.1 Å². The van der Waals surface area contributed by atoms with E-state index in [4.69, 9.17) is 5.21 Å². The lowest BCUT2D eigenvalue weighted by atomic mass is 10.1. The Balaban J connectivity index is 3.19.